The number of carbonyl (C=O) groups is 2. The fourth-order valence-corrected chi connectivity index (χ4v) is 4.84. The van der Waals surface area contributed by atoms with Crippen LogP contribution < -0.4 is 0 Å². The van der Waals surface area contributed by atoms with Gasteiger partial charge < -0.3 is 4.90 Å². The smallest absolute Gasteiger partial charge is 0.275 e. The van der Waals surface area contributed by atoms with Gasteiger partial charge in [0.25, 0.3) is 5.91 Å². The van der Waals surface area contributed by atoms with Crippen molar-refractivity contribution in [3.05, 3.63) is 65.1 Å². The number of halogens is 1. The third-order valence-corrected chi connectivity index (χ3v) is 6.61. The first kappa shape index (κ1) is 19.9. The maximum Gasteiger partial charge on any atom is 0.275 e. The van der Waals surface area contributed by atoms with Crippen molar-refractivity contribution in [3.8, 4) is 0 Å². The van der Waals surface area contributed by atoms with Crippen LogP contribution in [0.4, 0.5) is 4.39 Å². The summed E-state index contributed by atoms with van der Waals surface area (Å²) in [5.41, 5.74) is 3.05. The molecular weight excluding hydrogens is 395 g/mol. The Bertz CT molecular complexity index is 1140. The molecule has 1 N–H and O–H groups in total. The van der Waals surface area contributed by atoms with Crippen LogP contribution >= 0.6 is 0 Å². The third-order valence-electron chi connectivity index (χ3n) is 6.61. The lowest BCUT2D eigenvalue weighted by Gasteiger charge is -2.31. The molecule has 7 heteroatoms. The summed E-state index contributed by atoms with van der Waals surface area (Å²) in [6.45, 7) is 1.66. The van der Waals surface area contributed by atoms with Crippen LogP contribution in [-0.4, -0.2) is 63.9 Å². The number of rotatable bonds is 6. The number of aromatic amines is 1. The molecule has 160 valence electrons. The second-order valence-electron chi connectivity index (χ2n) is 8.73. The van der Waals surface area contributed by atoms with Crippen LogP contribution in [0.5, 0.6) is 0 Å². The zero-order valence-corrected chi connectivity index (χ0v) is 17.5. The second-order valence-corrected chi connectivity index (χ2v) is 8.73. The standard InChI is InChI=1S/C24H25FN4O2/c1-28-13-19-12-18(28)14-29(19)24(31)23-21-11-16(5-9-22(21)26-27-23)10-20(30)8-4-15-2-6-17(25)7-3-15/h2-3,5-7,9,11,18-19H,4,8,10,12-14H2,1H3,(H,26,27)/t18-,19-/m0/s1. The van der Waals surface area contributed by atoms with Crippen LogP contribution in [0.2, 0.25) is 0 Å². The van der Waals surface area contributed by atoms with Gasteiger partial charge in [0, 0.05) is 43.4 Å². The average molecular weight is 420 g/mol. The quantitative estimate of drug-likeness (QED) is 0.666. The molecule has 2 bridgehead atoms. The Balaban J connectivity index is 1.28. The van der Waals surface area contributed by atoms with Gasteiger partial charge in [-0.05, 0) is 55.3 Å². The topological polar surface area (TPSA) is 69.3 Å². The summed E-state index contributed by atoms with van der Waals surface area (Å²) >= 11 is 0. The molecule has 0 aliphatic carbocycles. The van der Waals surface area contributed by atoms with Crippen molar-refractivity contribution in [2.75, 3.05) is 20.1 Å². The van der Waals surface area contributed by atoms with E-state index in [4.69, 9.17) is 0 Å². The molecule has 1 aromatic heterocycles. The van der Waals surface area contributed by atoms with Crippen molar-refractivity contribution in [1.29, 1.82) is 0 Å². The van der Waals surface area contributed by atoms with Crippen LogP contribution in [0.3, 0.4) is 0 Å². The lowest BCUT2D eigenvalue weighted by atomic mass is 10.0. The molecule has 0 radical (unpaired) electrons. The second kappa shape index (κ2) is 7.89. The van der Waals surface area contributed by atoms with Gasteiger partial charge in [-0.15, -0.1) is 0 Å². The first-order valence-electron chi connectivity index (χ1n) is 10.7. The number of aromatic nitrogens is 2. The number of likely N-dealkylation sites (tertiary alicyclic amines) is 2. The predicted molar refractivity (Wildman–Crippen MR) is 115 cm³/mol. The minimum absolute atomic E-state index is 0.0355. The molecule has 1 amide bonds. The maximum atomic E-state index is 13.2. The Kier molecular flexibility index (Phi) is 5.06. The molecule has 2 fully saturated rings. The number of carbonyl (C=O) groups excluding carboxylic acids is 2. The summed E-state index contributed by atoms with van der Waals surface area (Å²) in [5, 5.41) is 8.02. The van der Waals surface area contributed by atoms with E-state index in [-0.39, 0.29) is 23.5 Å². The maximum absolute atomic E-state index is 13.2. The van der Waals surface area contributed by atoms with Crippen molar-refractivity contribution in [3.63, 3.8) is 0 Å². The van der Waals surface area contributed by atoms with Crippen molar-refractivity contribution in [1.82, 2.24) is 20.0 Å². The Morgan fingerprint density at radius 1 is 1.10 bits per heavy atom. The van der Waals surface area contributed by atoms with Gasteiger partial charge in [-0.3, -0.25) is 19.6 Å². The normalized spacial score (nSPS) is 20.6. The van der Waals surface area contributed by atoms with E-state index in [9.17, 15) is 14.0 Å². The van der Waals surface area contributed by atoms with E-state index in [2.05, 4.69) is 22.1 Å². The van der Waals surface area contributed by atoms with E-state index in [1.165, 1.54) is 12.1 Å². The monoisotopic (exact) mass is 420 g/mol. The summed E-state index contributed by atoms with van der Waals surface area (Å²) in [5.74, 6) is -0.200. The summed E-state index contributed by atoms with van der Waals surface area (Å²) in [4.78, 5) is 29.9. The molecule has 5 rings (SSSR count). The number of hydrogen-bond acceptors (Lipinski definition) is 4. The SMILES string of the molecule is CN1C[C@@H]2C[C@H]1CN2C(=O)c1n[nH]c2ccc(CC(=O)CCc3ccc(F)cc3)cc12. The van der Waals surface area contributed by atoms with E-state index in [1.807, 2.05) is 23.1 Å². The van der Waals surface area contributed by atoms with E-state index < -0.39 is 0 Å². The number of fused-ring (bicyclic) bond motifs is 3. The first-order valence-corrected chi connectivity index (χ1v) is 10.7. The molecule has 0 spiro atoms. The molecule has 2 aliphatic heterocycles. The highest BCUT2D eigenvalue weighted by Crippen LogP contribution is 2.31. The van der Waals surface area contributed by atoms with Crippen LogP contribution in [0.15, 0.2) is 42.5 Å². The highest BCUT2D eigenvalue weighted by atomic mass is 19.1. The number of amides is 1. The van der Waals surface area contributed by atoms with Crippen LogP contribution in [0.1, 0.15) is 34.5 Å². The molecule has 0 unspecified atom stereocenters. The van der Waals surface area contributed by atoms with E-state index in [0.29, 0.717) is 31.0 Å². The molecule has 2 saturated heterocycles. The van der Waals surface area contributed by atoms with Crippen molar-refractivity contribution in [2.24, 2.45) is 0 Å². The van der Waals surface area contributed by atoms with E-state index in [0.717, 1.165) is 41.5 Å². The van der Waals surface area contributed by atoms with Gasteiger partial charge in [-0.2, -0.15) is 5.10 Å². The molecule has 2 aliphatic rings. The molecule has 3 heterocycles. The number of aryl methyl sites for hydroxylation is 1. The van der Waals surface area contributed by atoms with Gasteiger partial charge >= 0.3 is 0 Å². The third kappa shape index (κ3) is 3.85. The minimum Gasteiger partial charge on any atom is -0.331 e. The summed E-state index contributed by atoms with van der Waals surface area (Å²) in [7, 11) is 2.11. The lowest BCUT2D eigenvalue weighted by Crippen LogP contribution is -2.47. The van der Waals surface area contributed by atoms with Gasteiger partial charge in [-0.25, -0.2) is 4.39 Å². The molecule has 3 aromatic rings. The number of nitrogens with zero attached hydrogens (tertiary/aromatic N) is 3. The first-order chi connectivity index (χ1) is 15.0. The molecule has 6 nitrogen and oxygen atoms in total. The van der Waals surface area contributed by atoms with Crippen LogP contribution in [0.25, 0.3) is 10.9 Å². The van der Waals surface area contributed by atoms with Gasteiger partial charge in [0.05, 0.1) is 5.52 Å². The zero-order chi connectivity index (χ0) is 21.5. The Morgan fingerprint density at radius 3 is 2.58 bits per heavy atom. The number of hydrogen-bond donors (Lipinski definition) is 1. The average Bonchev–Trinajstić information content (AvgIpc) is 3.46. The predicted octanol–water partition coefficient (Wildman–Crippen LogP) is 2.97. The Morgan fingerprint density at radius 2 is 1.87 bits per heavy atom. The number of likely N-dealkylation sites (N-methyl/N-ethyl adjacent to an activating group) is 1. The molecule has 2 aromatic carbocycles. The fraction of sp³-hybridized carbons (Fsp3) is 0.375. The molecule has 2 atom stereocenters. The highest BCUT2D eigenvalue weighted by Gasteiger charge is 2.44. The number of ketones is 1. The molecular formula is C24H25FN4O2. The summed E-state index contributed by atoms with van der Waals surface area (Å²) in [6, 6.07) is 12.6. The molecule has 31 heavy (non-hydrogen) atoms. The highest BCUT2D eigenvalue weighted by molar-refractivity contribution is 6.05. The number of nitrogens with one attached hydrogen (secondary N) is 1. The summed E-state index contributed by atoms with van der Waals surface area (Å²) < 4.78 is 13.0. The number of Topliss-reactive ketones (excluding diaryl/α,β-unsaturated/α-hetero) is 1. The van der Waals surface area contributed by atoms with Crippen LogP contribution in [-0.2, 0) is 17.6 Å². The molecule has 0 saturated carbocycles. The fourth-order valence-electron chi connectivity index (χ4n) is 4.84. The van der Waals surface area contributed by atoms with Gasteiger partial charge in [-0.1, -0.05) is 18.2 Å². The Hall–Kier alpha value is -3.06. The number of benzene rings is 2. The lowest BCUT2D eigenvalue weighted by molar-refractivity contribution is -0.118. The number of piperazine rings is 1. The minimum atomic E-state index is -0.275. The van der Waals surface area contributed by atoms with Crippen molar-refractivity contribution in [2.45, 2.75) is 37.8 Å². The van der Waals surface area contributed by atoms with Gasteiger partial charge in [0.1, 0.15) is 11.6 Å². The zero-order valence-electron chi connectivity index (χ0n) is 17.5. The van der Waals surface area contributed by atoms with Crippen molar-refractivity contribution >= 4 is 22.6 Å². The number of H-pyrrole nitrogens is 1. The largest absolute Gasteiger partial charge is 0.331 e. The van der Waals surface area contributed by atoms with E-state index in [1.54, 1.807) is 12.1 Å². The Labute approximate surface area is 180 Å². The van der Waals surface area contributed by atoms with Crippen LogP contribution in [0, 0.1) is 5.82 Å². The van der Waals surface area contributed by atoms with Crippen molar-refractivity contribution < 1.29 is 14.0 Å². The van der Waals surface area contributed by atoms with Gasteiger partial charge in [0.2, 0.25) is 0 Å². The summed E-state index contributed by atoms with van der Waals surface area (Å²) in [6.07, 6.45) is 2.31. The van der Waals surface area contributed by atoms with E-state index >= 15 is 0 Å². The van der Waals surface area contributed by atoms with Gasteiger partial charge in [0.15, 0.2) is 5.69 Å².